The minimum absolute atomic E-state index is 0.0278. The van der Waals surface area contributed by atoms with Crippen molar-refractivity contribution in [3.05, 3.63) is 63.3 Å². The van der Waals surface area contributed by atoms with Crippen LogP contribution < -0.4 is 14.2 Å². The number of cyclic esters (lactones) is 1. The number of rotatable bonds is 6. The van der Waals surface area contributed by atoms with Gasteiger partial charge in [0.1, 0.15) is 11.5 Å². The Morgan fingerprint density at radius 2 is 1.75 bits per heavy atom. The molecule has 0 bridgehead atoms. The summed E-state index contributed by atoms with van der Waals surface area (Å²) in [4.78, 5) is 27.0. The first kappa shape index (κ1) is 18.9. The number of hydrogen-bond acceptors (Lipinski definition) is 8. The largest absolute Gasteiger partial charge is 0.497 e. The molecule has 0 unspecified atom stereocenters. The van der Waals surface area contributed by atoms with Gasteiger partial charge in [0, 0.05) is 17.2 Å². The number of methoxy groups -OCH3 is 3. The van der Waals surface area contributed by atoms with Gasteiger partial charge in [0.25, 0.3) is 0 Å². The Bertz CT molecular complexity index is 1010. The van der Waals surface area contributed by atoms with Crippen molar-refractivity contribution in [3.8, 4) is 17.2 Å². The lowest BCUT2D eigenvalue weighted by Gasteiger charge is -2.07. The molecule has 144 valence electrons. The molecule has 2 aromatic rings. The van der Waals surface area contributed by atoms with Gasteiger partial charge in [-0.2, -0.15) is 0 Å². The molecule has 2 aromatic carbocycles. The normalized spacial score (nSPS) is 14.5. The van der Waals surface area contributed by atoms with Gasteiger partial charge in [0.2, 0.25) is 5.90 Å². The van der Waals surface area contributed by atoms with E-state index < -0.39 is 10.9 Å². The lowest BCUT2D eigenvalue weighted by Crippen LogP contribution is -2.06. The van der Waals surface area contributed by atoms with Crippen molar-refractivity contribution >= 4 is 23.6 Å². The summed E-state index contributed by atoms with van der Waals surface area (Å²) in [5.74, 6) is 0.469. The first-order chi connectivity index (χ1) is 13.5. The molecule has 1 aliphatic rings. The summed E-state index contributed by atoms with van der Waals surface area (Å²) in [5.41, 5.74) is 0.618. The van der Waals surface area contributed by atoms with E-state index in [2.05, 4.69) is 4.99 Å². The standard InChI is InChI=1S/C19H16N2O7/c1-25-13-5-7-16(26-2)12(8-13)9-14-19(22)28-18(20-14)11-4-6-17(27-3)15(10-11)21(23)24/h4-10H,1-3H3/b14-9-. The second kappa shape index (κ2) is 7.78. The topological polar surface area (TPSA) is 109 Å². The highest BCUT2D eigenvalue weighted by Gasteiger charge is 2.27. The molecule has 0 amide bonds. The molecule has 1 heterocycles. The number of carbonyl (C=O) groups excluding carboxylic acids is 1. The molecular formula is C19H16N2O7. The van der Waals surface area contributed by atoms with Gasteiger partial charge < -0.3 is 18.9 Å². The monoisotopic (exact) mass is 384 g/mol. The molecule has 0 aromatic heterocycles. The van der Waals surface area contributed by atoms with Crippen LogP contribution in [0.3, 0.4) is 0 Å². The van der Waals surface area contributed by atoms with E-state index in [0.717, 1.165) is 0 Å². The smallest absolute Gasteiger partial charge is 0.363 e. The predicted molar refractivity (Wildman–Crippen MR) is 99.8 cm³/mol. The fraction of sp³-hybridized carbons (Fsp3) is 0.158. The zero-order chi connectivity index (χ0) is 20.3. The predicted octanol–water partition coefficient (Wildman–Crippen LogP) is 2.97. The Balaban J connectivity index is 2.01. The number of nitrogens with zero attached hydrogens (tertiary/aromatic N) is 2. The van der Waals surface area contributed by atoms with Gasteiger partial charge in [0.05, 0.1) is 26.3 Å². The van der Waals surface area contributed by atoms with E-state index in [4.69, 9.17) is 18.9 Å². The van der Waals surface area contributed by atoms with Crippen molar-refractivity contribution in [1.29, 1.82) is 0 Å². The van der Waals surface area contributed by atoms with E-state index >= 15 is 0 Å². The quantitative estimate of drug-likeness (QED) is 0.326. The Morgan fingerprint density at radius 3 is 2.39 bits per heavy atom. The Morgan fingerprint density at radius 1 is 1.04 bits per heavy atom. The molecule has 0 saturated heterocycles. The maximum Gasteiger partial charge on any atom is 0.363 e. The maximum absolute atomic E-state index is 12.2. The molecule has 9 heteroatoms. The lowest BCUT2D eigenvalue weighted by molar-refractivity contribution is -0.385. The third-order valence-corrected chi connectivity index (χ3v) is 3.97. The summed E-state index contributed by atoms with van der Waals surface area (Å²) in [5, 5.41) is 11.2. The molecule has 0 fully saturated rings. The highest BCUT2D eigenvalue weighted by molar-refractivity contribution is 6.13. The summed E-state index contributed by atoms with van der Waals surface area (Å²) in [6.45, 7) is 0. The average molecular weight is 384 g/mol. The first-order valence-electron chi connectivity index (χ1n) is 8.04. The first-order valence-corrected chi connectivity index (χ1v) is 8.04. The van der Waals surface area contributed by atoms with Gasteiger partial charge in [0.15, 0.2) is 11.4 Å². The molecule has 0 spiro atoms. The van der Waals surface area contributed by atoms with Crippen LogP contribution in [0.2, 0.25) is 0 Å². The van der Waals surface area contributed by atoms with Gasteiger partial charge in [-0.15, -0.1) is 0 Å². The van der Waals surface area contributed by atoms with Crippen LogP contribution in [0.5, 0.6) is 17.2 Å². The van der Waals surface area contributed by atoms with E-state index in [-0.39, 0.29) is 28.6 Å². The second-order valence-corrected chi connectivity index (χ2v) is 5.59. The molecule has 0 atom stereocenters. The number of ether oxygens (including phenoxy) is 4. The van der Waals surface area contributed by atoms with Crippen LogP contribution in [0.1, 0.15) is 11.1 Å². The summed E-state index contributed by atoms with van der Waals surface area (Å²) in [6, 6.07) is 9.27. The summed E-state index contributed by atoms with van der Waals surface area (Å²) in [7, 11) is 4.36. The molecule has 28 heavy (non-hydrogen) atoms. The van der Waals surface area contributed by atoms with Crippen LogP contribution >= 0.6 is 0 Å². The van der Waals surface area contributed by atoms with Gasteiger partial charge in [-0.25, -0.2) is 9.79 Å². The van der Waals surface area contributed by atoms with Gasteiger partial charge in [-0.1, -0.05) is 0 Å². The molecule has 0 N–H and O–H groups in total. The van der Waals surface area contributed by atoms with Crippen molar-refractivity contribution in [2.45, 2.75) is 0 Å². The zero-order valence-electron chi connectivity index (χ0n) is 15.3. The molecule has 0 radical (unpaired) electrons. The fourth-order valence-corrected chi connectivity index (χ4v) is 2.60. The van der Waals surface area contributed by atoms with E-state index in [0.29, 0.717) is 17.1 Å². The van der Waals surface area contributed by atoms with E-state index in [1.165, 1.54) is 45.6 Å². The minimum Gasteiger partial charge on any atom is -0.497 e. The van der Waals surface area contributed by atoms with Gasteiger partial charge in [-0.05, 0) is 36.4 Å². The Kier molecular flexibility index (Phi) is 5.25. The van der Waals surface area contributed by atoms with Crippen molar-refractivity contribution in [2.75, 3.05) is 21.3 Å². The van der Waals surface area contributed by atoms with Crippen molar-refractivity contribution in [3.63, 3.8) is 0 Å². The third-order valence-electron chi connectivity index (χ3n) is 3.97. The number of aliphatic imine (C=N–C) groups is 1. The number of carbonyl (C=O) groups is 1. The molecule has 3 rings (SSSR count). The van der Waals surface area contributed by atoms with E-state index in [1.807, 2.05) is 0 Å². The van der Waals surface area contributed by atoms with Crippen LogP contribution in [-0.2, 0) is 9.53 Å². The van der Waals surface area contributed by atoms with Crippen molar-refractivity contribution in [1.82, 2.24) is 0 Å². The second-order valence-electron chi connectivity index (χ2n) is 5.59. The molecule has 9 nitrogen and oxygen atoms in total. The summed E-state index contributed by atoms with van der Waals surface area (Å²) in [6.07, 6.45) is 1.49. The maximum atomic E-state index is 12.2. The minimum atomic E-state index is -0.682. The number of hydrogen-bond donors (Lipinski definition) is 0. The van der Waals surface area contributed by atoms with Crippen LogP contribution in [0.25, 0.3) is 6.08 Å². The SMILES string of the molecule is COc1ccc(OC)c(/C=C2\N=C(c3ccc(OC)c([N+](=O)[O-])c3)OC2=O)c1. The third kappa shape index (κ3) is 3.63. The highest BCUT2D eigenvalue weighted by atomic mass is 16.6. The zero-order valence-corrected chi connectivity index (χ0v) is 15.3. The Hall–Kier alpha value is -3.88. The molecule has 0 aliphatic carbocycles. The number of benzene rings is 2. The van der Waals surface area contributed by atoms with E-state index in [1.54, 1.807) is 18.2 Å². The average Bonchev–Trinajstić information content (AvgIpc) is 3.07. The molecular weight excluding hydrogens is 368 g/mol. The van der Waals surface area contributed by atoms with Gasteiger partial charge >= 0.3 is 11.7 Å². The number of nitro groups is 1. The Labute approximate surface area is 160 Å². The van der Waals surface area contributed by atoms with Crippen LogP contribution in [0.4, 0.5) is 5.69 Å². The van der Waals surface area contributed by atoms with Crippen LogP contribution in [0.15, 0.2) is 47.1 Å². The van der Waals surface area contributed by atoms with Crippen LogP contribution in [-0.4, -0.2) is 38.1 Å². The molecule has 0 saturated carbocycles. The number of nitro benzene ring substituents is 1. The van der Waals surface area contributed by atoms with E-state index in [9.17, 15) is 14.9 Å². The fourth-order valence-electron chi connectivity index (χ4n) is 2.60. The van der Waals surface area contributed by atoms with Crippen molar-refractivity contribution in [2.24, 2.45) is 4.99 Å². The molecule has 1 aliphatic heterocycles. The lowest BCUT2D eigenvalue weighted by atomic mass is 10.1. The summed E-state index contributed by atoms with van der Waals surface area (Å²) < 4.78 is 20.6. The highest BCUT2D eigenvalue weighted by Crippen LogP contribution is 2.31. The summed E-state index contributed by atoms with van der Waals surface area (Å²) >= 11 is 0. The van der Waals surface area contributed by atoms with Crippen molar-refractivity contribution < 1.29 is 28.7 Å². The number of esters is 1. The van der Waals surface area contributed by atoms with Crippen LogP contribution in [0, 0.1) is 10.1 Å². The van der Waals surface area contributed by atoms with Gasteiger partial charge in [-0.3, -0.25) is 10.1 Å².